The molecular formula is C15H20N2O2S. The normalized spacial score (nSPS) is 15.9. The second-order valence-corrected chi connectivity index (χ2v) is 5.80. The summed E-state index contributed by atoms with van der Waals surface area (Å²) < 4.78 is 13.7. The van der Waals surface area contributed by atoms with Gasteiger partial charge in [0.15, 0.2) is 16.3 Å². The number of benzene rings is 1. The van der Waals surface area contributed by atoms with E-state index in [1.165, 1.54) is 25.7 Å². The van der Waals surface area contributed by atoms with E-state index in [-0.39, 0.29) is 0 Å². The Morgan fingerprint density at radius 2 is 1.85 bits per heavy atom. The summed E-state index contributed by atoms with van der Waals surface area (Å²) in [6.45, 7) is 0.994. The third-order valence-electron chi connectivity index (χ3n) is 4.19. The van der Waals surface area contributed by atoms with Crippen LogP contribution in [0.1, 0.15) is 25.7 Å². The number of H-pyrrole nitrogens is 1. The Morgan fingerprint density at radius 1 is 1.20 bits per heavy atom. The lowest BCUT2D eigenvalue weighted by Gasteiger charge is -2.12. The van der Waals surface area contributed by atoms with Crippen molar-refractivity contribution in [1.29, 1.82) is 0 Å². The number of hydrogen-bond acceptors (Lipinski definition) is 3. The molecule has 0 spiro atoms. The molecule has 0 radical (unpaired) electrons. The zero-order valence-corrected chi connectivity index (χ0v) is 12.8. The van der Waals surface area contributed by atoms with Crippen molar-refractivity contribution in [3.8, 4) is 11.5 Å². The van der Waals surface area contributed by atoms with Crippen molar-refractivity contribution in [2.75, 3.05) is 14.2 Å². The lowest BCUT2D eigenvalue weighted by atomic mass is 10.1. The van der Waals surface area contributed by atoms with E-state index >= 15 is 0 Å². The van der Waals surface area contributed by atoms with Crippen LogP contribution in [0.3, 0.4) is 0 Å². The van der Waals surface area contributed by atoms with Gasteiger partial charge in [0.05, 0.1) is 25.3 Å². The first-order valence-corrected chi connectivity index (χ1v) is 7.48. The molecule has 0 atom stereocenters. The lowest BCUT2D eigenvalue weighted by Crippen LogP contribution is -2.07. The molecule has 1 aromatic heterocycles. The van der Waals surface area contributed by atoms with Crippen LogP contribution in [0.25, 0.3) is 11.0 Å². The molecule has 2 aromatic rings. The zero-order chi connectivity index (χ0) is 14.1. The number of methoxy groups -OCH3 is 2. The van der Waals surface area contributed by atoms with E-state index in [9.17, 15) is 0 Å². The Kier molecular flexibility index (Phi) is 3.70. The number of aromatic amines is 1. The quantitative estimate of drug-likeness (QED) is 0.869. The summed E-state index contributed by atoms with van der Waals surface area (Å²) in [7, 11) is 3.31. The molecule has 1 aliphatic rings. The van der Waals surface area contributed by atoms with Crippen molar-refractivity contribution in [3.63, 3.8) is 0 Å². The summed E-state index contributed by atoms with van der Waals surface area (Å²) >= 11 is 5.47. The van der Waals surface area contributed by atoms with Crippen LogP contribution in [0.4, 0.5) is 0 Å². The van der Waals surface area contributed by atoms with Crippen molar-refractivity contribution in [1.82, 2.24) is 9.55 Å². The molecule has 0 aliphatic heterocycles. The molecule has 1 saturated carbocycles. The Balaban J connectivity index is 2.06. The molecule has 0 saturated heterocycles. The minimum Gasteiger partial charge on any atom is -0.493 e. The van der Waals surface area contributed by atoms with Gasteiger partial charge in [-0.15, -0.1) is 0 Å². The van der Waals surface area contributed by atoms with Crippen molar-refractivity contribution < 1.29 is 9.47 Å². The van der Waals surface area contributed by atoms with Crippen LogP contribution in [0.2, 0.25) is 0 Å². The van der Waals surface area contributed by atoms with Crippen LogP contribution in [0.15, 0.2) is 12.1 Å². The molecule has 3 rings (SSSR count). The Hall–Kier alpha value is -1.49. The highest BCUT2D eigenvalue weighted by atomic mass is 32.1. The zero-order valence-electron chi connectivity index (χ0n) is 11.9. The fraction of sp³-hybridized carbons (Fsp3) is 0.533. The van der Waals surface area contributed by atoms with E-state index in [0.29, 0.717) is 0 Å². The van der Waals surface area contributed by atoms with Gasteiger partial charge in [0.25, 0.3) is 0 Å². The summed E-state index contributed by atoms with van der Waals surface area (Å²) in [5.41, 5.74) is 2.10. The van der Waals surface area contributed by atoms with Gasteiger partial charge in [0.1, 0.15) is 0 Å². The molecular weight excluding hydrogens is 272 g/mol. The van der Waals surface area contributed by atoms with Crippen molar-refractivity contribution in [2.24, 2.45) is 5.92 Å². The number of hydrogen-bond donors (Lipinski definition) is 1. The molecule has 0 bridgehead atoms. The SMILES string of the molecule is COc1cc2[nH]c(=S)n(CC3CCCC3)c2cc1OC. The second-order valence-electron chi connectivity index (χ2n) is 5.42. The van der Waals surface area contributed by atoms with Crippen LogP contribution in [-0.4, -0.2) is 23.8 Å². The lowest BCUT2D eigenvalue weighted by molar-refractivity contribution is 0.355. The van der Waals surface area contributed by atoms with Gasteiger partial charge in [-0.05, 0) is 31.0 Å². The summed E-state index contributed by atoms with van der Waals surface area (Å²) in [4.78, 5) is 3.27. The topological polar surface area (TPSA) is 39.2 Å². The summed E-state index contributed by atoms with van der Waals surface area (Å²) in [6, 6.07) is 3.96. The minimum atomic E-state index is 0.726. The van der Waals surface area contributed by atoms with Crippen molar-refractivity contribution in [2.45, 2.75) is 32.2 Å². The molecule has 1 N–H and O–H groups in total. The molecule has 20 heavy (non-hydrogen) atoms. The number of imidazole rings is 1. The summed E-state index contributed by atoms with van der Waals surface area (Å²) in [5, 5.41) is 0. The van der Waals surface area contributed by atoms with Gasteiger partial charge in [0, 0.05) is 18.7 Å². The minimum absolute atomic E-state index is 0.726. The van der Waals surface area contributed by atoms with Gasteiger partial charge >= 0.3 is 0 Å². The second kappa shape index (κ2) is 5.48. The number of fused-ring (bicyclic) bond motifs is 1. The highest BCUT2D eigenvalue weighted by molar-refractivity contribution is 7.71. The first kappa shape index (κ1) is 13.5. The van der Waals surface area contributed by atoms with Gasteiger partial charge in [0.2, 0.25) is 0 Å². The molecule has 1 heterocycles. The van der Waals surface area contributed by atoms with Crippen LogP contribution < -0.4 is 9.47 Å². The molecule has 5 heteroatoms. The molecule has 0 unspecified atom stereocenters. The maximum Gasteiger partial charge on any atom is 0.178 e. The number of nitrogens with one attached hydrogen (secondary N) is 1. The van der Waals surface area contributed by atoms with E-state index < -0.39 is 0 Å². The molecule has 0 amide bonds. The van der Waals surface area contributed by atoms with Gasteiger partial charge in [-0.1, -0.05) is 12.8 Å². The van der Waals surface area contributed by atoms with Gasteiger partial charge in [-0.2, -0.15) is 0 Å². The smallest absolute Gasteiger partial charge is 0.178 e. The number of aromatic nitrogens is 2. The maximum atomic E-state index is 5.47. The predicted octanol–water partition coefficient (Wildman–Crippen LogP) is 3.91. The van der Waals surface area contributed by atoms with Gasteiger partial charge in [-0.3, -0.25) is 0 Å². The third-order valence-corrected chi connectivity index (χ3v) is 4.52. The Labute approximate surface area is 123 Å². The van der Waals surface area contributed by atoms with E-state index in [1.54, 1.807) is 14.2 Å². The van der Waals surface area contributed by atoms with E-state index in [1.807, 2.05) is 12.1 Å². The standard InChI is InChI=1S/C15H20N2O2S/c1-18-13-7-11-12(8-14(13)19-2)17(15(20)16-11)9-10-5-3-4-6-10/h7-8,10H,3-6,9H2,1-2H3,(H,16,20). The van der Waals surface area contributed by atoms with Crippen LogP contribution >= 0.6 is 12.2 Å². The summed E-state index contributed by atoms with van der Waals surface area (Å²) in [5.74, 6) is 2.22. The molecule has 1 aliphatic carbocycles. The average molecular weight is 292 g/mol. The molecule has 108 valence electrons. The number of ether oxygens (including phenoxy) is 2. The molecule has 1 aromatic carbocycles. The largest absolute Gasteiger partial charge is 0.493 e. The highest BCUT2D eigenvalue weighted by Gasteiger charge is 2.18. The fourth-order valence-corrected chi connectivity index (χ4v) is 3.40. The van der Waals surface area contributed by atoms with Gasteiger partial charge in [-0.25, -0.2) is 0 Å². The van der Waals surface area contributed by atoms with E-state index in [0.717, 1.165) is 39.8 Å². The number of nitrogens with zero attached hydrogens (tertiary/aromatic N) is 1. The van der Waals surface area contributed by atoms with Gasteiger partial charge < -0.3 is 19.0 Å². The third kappa shape index (κ3) is 2.30. The van der Waals surface area contributed by atoms with E-state index in [4.69, 9.17) is 21.7 Å². The molecule has 4 nitrogen and oxygen atoms in total. The fourth-order valence-electron chi connectivity index (χ4n) is 3.12. The molecule has 1 fully saturated rings. The maximum absolute atomic E-state index is 5.47. The first-order chi connectivity index (χ1) is 9.72. The average Bonchev–Trinajstić information content (AvgIpc) is 3.06. The van der Waals surface area contributed by atoms with Crippen LogP contribution in [-0.2, 0) is 6.54 Å². The predicted molar refractivity (Wildman–Crippen MR) is 82.2 cm³/mol. The Morgan fingerprint density at radius 3 is 2.50 bits per heavy atom. The summed E-state index contributed by atoms with van der Waals surface area (Å²) in [6.07, 6.45) is 5.30. The number of rotatable bonds is 4. The van der Waals surface area contributed by atoms with Crippen LogP contribution in [0.5, 0.6) is 11.5 Å². The van der Waals surface area contributed by atoms with Crippen molar-refractivity contribution in [3.05, 3.63) is 16.9 Å². The first-order valence-electron chi connectivity index (χ1n) is 7.07. The van der Waals surface area contributed by atoms with Crippen molar-refractivity contribution >= 4 is 23.3 Å². The monoisotopic (exact) mass is 292 g/mol. The highest BCUT2D eigenvalue weighted by Crippen LogP contribution is 2.33. The van der Waals surface area contributed by atoms with Crippen LogP contribution in [0, 0.1) is 10.7 Å². The Bertz CT molecular complexity index is 668. The van der Waals surface area contributed by atoms with E-state index in [2.05, 4.69) is 9.55 Å².